The molecular formula is C19H18Cl2F3NO3. The third-order valence-corrected chi connectivity index (χ3v) is 4.38. The number of benzene rings is 2. The van der Waals surface area contributed by atoms with Crippen molar-refractivity contribution in [2.75, 3.05) is 13.2 Å². The number of rotatable bonds is 8. The van der Waals surface area contributed by atoms with Gasteiger partial charge in [-0.05, 0) is 48.4 Å². The van der Waals surface area contributed by atoms with Gasteiger partial charge in [-0.1, -0.05) is 29.3 Å². The standard InChI is InChI=1S/C19H18Cl2F3NO3/c20-14-5-1-12(17(21)9-14)2-8-18(27)25-10-15(26)11-28-16-6-3-13(4-7-16)19(22,23)24/h1,3-7,9,15,26H,2,8,10-11H2,(H,25,27). The summed E-state index contributed by atoms with van der Waals surface area (Å²) in [6, 6.07) is 9.15. The van der Waals surface area contributed by atoms with Crippen LogP contribution in [0.3, 0.4) is 0 Å². The molecule has 0 aliphatic heterocycles. The fourth-order valence-electron chi connectivity index (χ4n) is 2.28. The lowest BCUT2D eigenvalue weighted by molar-refractivity contribution is -0.137. The van der Waals surface area contributed by atoms with Gasteiger partial charge in [-0.2, -0.15) is 13.2 Å². The molecule has 2 N–H and O–H groups in total. The van der Waals surface area contributed by atoms with Crippen molar-refractivity contribution in [1.82, 2.24) is 5.32 Å². The summed E-state index contributed by atoms with van der Waals surface area (Å²) in [5.74, 6) is -0.0876. The number of aliphatic hydroxyl groups is 1. The number of nitrogens with one attached hydrogen (secondary N) is 1. The van der Waals surface area contributed by atoms with E-state index in [1.807, 2.05) is 0 Å². The molecular weight excluding hydrogens is 418 g/mol. The van der Waals surface area contributed by atoms with Gasteiger partial charge in [0.2, 0.25) is 5.91 Å². The first-order valence-corrected chi connectivity index (χ1v) is 9.09. The van der Waals surface area contributed by atoms with Crippen LogP contribution in [0.2, 0.25) is 10.0 Å². The summed E-state index contributed by atoms with van der Waals surface area (Å²) in [6.07, 6.45) is -4.84. The van der Waals surface area contributed by atoms with Crippen molar-refractivity contribution < 1.29 is 27.8 Å². The second-order valence-electron chi connectivity index (χ2n) is 6.03. The summed E-state index contributed by atoms with van der Waals surface area (Å²) in [4.78, 5) is 11.9. The number of amides is 1. The van der Waals surface area contributed by atoms with E-state index in [4.69, 9.17) is 27.9 Å². The molecule has 28 heavy (non-hydrogen) atoms. The van der Waals surface area contributed by atoms with Gasteiger partial charge in [0.15, 0.2) is 0 Å². The van der Waals surface area contributed by atoms with E-state index >= 15 is 0 Å². The largest absolute Gasteiger partial charge is 0.491 e. The van der Waals surface area contributed by atoms with E-state index in [2.05, 4.69) is 5.32 Å². The molecule has 2 aromatic carbocycles. The van der Waals surface area contributed by atoms with Gasteiger partial charge in [0.1, 0.15) is 18.5 Å². The number of hydrogen-bond donors (Lipinski definition) is 2. The molecule has 0 saturated heterocycles. The van der Waals surface area contributed by atoms with Gasteiger partial charge in [0.05, 0.1) is 5.56 Å². The quantitative estimate of drug-likeness (QED) is 0.641. The van der Waals surface area contributed by atoms with Crippen molar-refractivity contribution in [3.63, 3.8) is 0 Å². The third kappa shape index (κ3) is 7.22. The Balaban J connectivity index is 1.70. The molecule has 0 spiro atoms. The molecule has 4 nitrogen and oxygen atoms in total. The van der Waals surface area contributed by atoms with Gasteiger partial charge in [-0.25, -0.2) is 0 Å². The summed E-state index contributed by atoms with van der Waals surface area (Å²) in [5, 5.41) is 13.4. The summed E-state index contributed by atoms with van der Waals surface area (Å²) < 4.78 is 42.7. The Bertz CT molecular complexity index is 798. The van der Waals surface area contributed by atoms with Gasteiger partial charge in [0.25, 0.3) is 0 Å². The number of carbonyl (C=O) groups is 1. The Kier molecular flexibility index (Phi) is 7.98. The van der Waals surface area contributed by atoms with Gasteiger partial charge in [-0.3, -0.25) is 4.79 Å². The summed E-state index contributed by atoms with van der Waals surface area (Å²) in [5.41, 5.74) is 0.000791. The molecule has 0 aromatic heterocycles. The summed E-state index contributed by atoms with van der Waals surface area (Å²) in [6.45, 7) is -0.220. The Labute approximate surface area is 170 Å². The lowest BCUT2D eigenvalue weighted by Crippen LogP contribution is -2.35. The maximum Gasteiger partial charge on any atom is 0.416 e. The van der Waals surface area contributed by atoms with Crippen LogP contribution in [0.15, 0.2) is 42.5 Å². The van der Waals surface area contributed by atoms with E-state index in [9.17, 15) is 23.1 Å². The first kappa shape index (κ1) is 22.3. The van der Waals surface area contributed by atoms with Gasteiger partial charge in [0, 0.05) is 23.0 Å². The van der Waals surface area contributed by atoms with Gasteiger partial charge < -0.3 is 15.2 Å². The highest BCUT2D eigenvalue weighted by atomic mass is 35.5. The van der Waals surface area contributed by atoms with Crippen molar-refractivity contribution in [3.8, 4) is 5.75 Å². The number of aliphatic hydroxyl groups excluding tert-OH is 1. The van der Waals surface area contributed by atoms with E-state index in [-0.39, 0.29) is 31.2 Å². The average molecular weight is 436 g/mol. The van der Waals surface area contributed by atoms with Crippen LogP contribution in [0.1, 0.15) is 17.5 Å². The lowest BCUT2D eigenvalue weighted by atomic mass is 10.1. The van der Waals surface area contributed by atoms with Crippen LogP contribution in [0.25, 0.3) is 0 Å². The zero-order chi connectivity index (χ0) is 20.7. The zero-order valence-electron chi connectivity index (χ0n) is 14.6. The van der Waals surface area contributed by atoms with Crippen LogP contribution in [-0.4, -0.2) is 30.3 Å². The Morgan fingerprint density at radius 1 is 1.14 bits per heavy atom. The van der Waals surface area contributed by atoms with Crippen LogP contribution >= 0.6 is 23.2 Å². The molecule has 0 radical (unpaired) electrons. The SMILES string of the molecule is O=C(CCc1ccc(Cl)cc1Cl)NCC(O)COc1ccc(C(F)(F)F)cc1. The van der Waals surface area contributed by atoms with Gasteiger partial charge >= 0.3 is 6.18 Å². The number of hydrogen-bond acceptors (Lipinski definition) is 3. The molecule has 1 unspecified atom stereocenters. The highest BCUT2D eigenvalue weighted by molar-refractivity contribution is 6.35. The van der Waals surface area contributed by atoms with Crippen molar-refractivity contribution in [2.45, 2.75) is 25.1 Å². The highest BCUT2D eigenvalue weighted by Crippen LogP contribution is 2.30. The van der Waals surface area contributed by atoms with Crippen LogP contribution in [0, 0.1) is 0 Å². The Morgan fingerprint density at radius 2 is 1.82 bits per heavy atom. The van der Waals surface area contributed by atoms with E-state index in [0.717, 1.165) is 17.7 Å². The predicted octanol–water partition coefficient (Wildman–Crippen LogP) is 4.50. The van der Waals surface area contributed by atoms with Crippen molar-refractivity contribution in [3.05, 3.63) is 63.6 Å². The van der Waals surface area contributed by atoms with Crippen LogP contribution in [0.4, 0.5) is 13.2 Å². The molecule has 2 rings (SSSR count). The molecule has 0 heterocycles. The zero-order valence-corrected chi connectivity index (χ0v) is 16.1. The fraction of sp³-hybridized carbons (Fsp3) is 0.316. The Morgan fingerprint density at radius 3 is 2.43 bits per heavy atom. The molecule has 1 amide bonds. The molecule has 0 aliphatic carbocycles. The lowest BCUT2D eigenvalue weighted by Gasteiger charge is -2.14. The topological polar surface area (TPSA) is 58.6 Å². The van der Waals surface area contributed by atoms with Crippen molar-refractivity contribution in [1.29, 1.82) is 0 Å². The number of aryl methyl sites for hydroxylation is 1. The van der Waals surface area contributed by atoms with Crippen LogP contribution in [0.5, 0.6) is 5.75 Å². The van der Waals surface area contributed by atoms with E-state index < -0.39 is 17.8 Å². The molecule has 0 bridgehead atoms. The van der Waals surface area contributed by atoms with Crippen molar-refractivity contribution in [2.24, 2.45) is 0 Å². The first-order valence-electron chi connectivity index (χ1n) is 8.34. The smallest absolute Gasteiger partial charge is 0.416 e. The second kappa shape index (κ2) is 10.0. The highest BCUT2D eigenvalue weighted by Gasteiger charge is 2.30. The molecule has 0 aliphatic rings. The van der Waals surface area contributed by atoms with E-state index in [0.29, 0.717) is 16.5 Å². The number of carbonyl (C=O) groups excluding carboxylic acids is 1. The van der Waals surface area contributed by atoms with E-state index in [1.165, 1.54) is 12.1 Å². The monoisotopic (exact) mass is 435 g/mol. The minimum Gasteiger partial charge on any atom is -0.491 e. The summed E-state index contributed by atoms with van der Waals surface area (Å²) in [7, 11) is 0. The van der Waals surface area contributed by atoms with Crippen molar-refractivity contribution >= 4 is 29.1 Å². The second-order valence-corrected chi connectivity index (χ2v) is 6.87. The number of alkyl halides is 3. The summed E-state index contributed by atoms with van der Waals surface area (Å²) >= 11 is 11.9. The molecule has 0 fully saturated rings. The number of ether oxygens (including phenoxy) is 1. The molecule has 1 atom stereocenters. The minimum atomic E-state index is -4.42. The number of halogens is 5. The van der Waals surface area contributed by atoms with E-state index in [1.54, 1.807) is 18.2 Å². The fourth-order valence-corrected chi connectivity index (χ4v) is 2.79. The molecule has 152 valence electrons. The first-order chi connectivity index (χ1) is 13.1. The predicted molar refractivity (Wildman–Crippen MR) is 101 cm³/mol. The average Bonchev–Trinajstić information content (AvgIpc) is 2.63. The minimum absolute atomic E-state index is 0.0478. The maximum absolute atomic E-state index is 12.5. The molecule has 2 aromatic rings. The van der Waals surface area contributed by atoms with Gasteiger partial charge in [-0.15, -0.1) is 0 Å². The molecule has 9 heteroatoms. The van der Waals surface area contributed by atoms with Crippen LogP contribution in [-0.2, 0) is 17.4 Å². The van der Waals surface area contributed by atoms with Crippen LogP contribution < -0.4 is 10.1 Å². The maximum atomic E-state index is 12.5. The molecule has 0 saturated carbocycles. The normalized spacial score (nSPS) is 12.5. The Hall–Kier alpha value is -1.96. The third-order valence-electron chi connectivity index (χ3n) is 3.80.